The van der Waals surface area contributed by atoms with E-state index in [0.29, 0.717) is 6.61 Å². The Labute approximate surface area is 107 Å². The van der Waals surface area contributed by atoms with E-state index in [0.717, 1.165) is 0 Å². The number of ether oxygens (including phenoxy) is 1. The number of nitrogens with two attached hydrogens (primary N) is 1. The first-order chi connectivity index (χ1) is 8.09. The largest absolute Gasteiger partial charge is 0.480 e. The van der Waals surface area contributed by atoms with E-state index in [4.69, 9.17) is 10.5 Å². The van der Waals surface area contributed by atoms with Crippen LogP contribution < -0.4 is 11.1 Å². The molecular formula is C12H22N2O4. The maximum Gasteiger partial charge on any atom is 0.326 e. The number of hydrogen-bond donors (Lipinski definition) is 3. The molecule has 1 amide bonds. The first kappa shape index (κ1) is 14.9. The van der Waals surface area contributed by atoms with Crippen LogP contribution in [0.4, 0.5) is 0 Å². The number of nitrogens with one attached hydrogen (secondary N) is 1. The van der Waals surface area contributed by atoms with Crippen LogP contribution in [0.5, 0.6) is 0 Å². The Kier molecular flexibility index (Phi) is 4.02. The molecule has 0 spiro atoms. The molecule has 1 aliphatic rings. The summed E-state index contributed by atoms with van der Waals surface area (Å²) in [7, 11) is 0. The lowest BCUT2D eigenvalue weighted by Crippen LogP contribution is -2.57. The van der Waals surface area contributed by atoms with Crippen molar-refractivity contribution in [2.75, 3.05) is 13.2 Å². The fourth-order valence-corrected chi connectivity index (χ4v) is 1.87. The van der Waals surface area contributed by atoms with Gasteiger partial charge in [-0.25, -0.2) is 4.79 Å². The van der Waals surface area contributed by atoms with Gasteiger partial charge in [0.15, 0.2) is 0 Å². The highest BCUT2D eigenvalue weighted by Gasteiger charge is 2.46. The molecule has 18 heavy (non-hydrogen) atoms. The van der Waals surface area contributed by atoms with E-state index < -0.39 is 28.9 Å². The van der Waals surface area contributed by atoms with Crippen molar-refractivity contribution >= 4 is 11.9 Å². The summed E-state index contributed by atoms with van der Waals surface area (Å²) in [6.07, 6.45) is 0. The van der Waals surface area contributed by atoms with Crippen molar-refractivity contribution in [2.45, 2.75) is 39.8 Å². The minimum absolute atomic E-state index is 0.219. The van der Waals surface area contributed by atoms with E-state index in [1.807, 2.05) is 0 Å². The summed E-state index contributed by atoms with van der Waals surface area (Å²) in [6.45, 7) is 7.52. The van der Waals surface area contributed by atoms with Crippen LogP contribution in [0, 0.1) is 10.8 Å². The van der Waals surface area contributed by atoms with Crippen molar-refractivity contribution < 1.29 is 19.4 Å². The van der Waals surface area contributed by atoms with Gasteiger partial charge in [-0.1, -0.05) is 20.8 Å². The zero-order chi connectivity index (χ0) is 14.1. The molecule has 1 aliphatic heterocycles. The molecule has 0 aromatic rings. The molecule has 0 bridgehead atoms. The minimum Gasteiger partial charge on any atom is -0.480 e. The van der Waals surface area contributed by atoms with Gasteiger partial charge in [0.05, 0.1) is 18.6 Å². The number of carboxylic acid groups (broad SMARTS) is 1. The standard InChI is InChI=1S/C12H22N2O4/c1-11(2,3)8(9(15)16)14-10(17)12(4)6-18-5-7(12)13/h7-8H,5-6,13H2,1-4H3,(H,14,17)(H,15,16). The smallest absolute Gasteiger partial charge is 0.326 e. The highest BCUT2D eigenvalue weighted by Crippen LogP contribution is 2.28. The summed E-state index contributed by atoms with van der Waals surface area (Å²) >= 11 is 0. The molecule has 1 heterocycles. The molecule has 1 fully saturated rings. The number of hydrogen-bond acceptors (Lipinski definition) is 4. The summed E-state index contributed by atoms with van der Waals surface area (Å²) in [6, 6.07) is -1.36. The molecule has 3 atom stereocenters. The first-order valence-corrected chi connectivity index (χ1v) is 5.96. The van der Waals surface area contributed by atoms with Gasteiger partial charge in [-0.3, -0.25) is 4.79 Å². The zero-order valence-corrected chi connectivity index (χ0v) is 11.3. The summed E-state index contributed by atoms with van der Waals surface area (Å²) in [5.74, 6) is -1.42. The van der Waals surface area contributed by atoms with Gasteiger partial charge in [0.25, 0.3) is 0 Å². The second-order valence-corrected chi connectivity index (χ2v) is 6.15. The lowest BCUT2D eigenvalue weighted by Gasteiger charge is -2.32. The van der Waals surface area contributed by atoms with Crippen molar-refractivity contribution in [1.82, 2.24) is 5.32 Å². The van der Waals surface area contributed by atoms with Gasteiger partial charge in [-0.15, -0.1) is 0 Å². The molecule has 0 aromatic carbocycles. The third-order valence-corrected chi connectivity index (χ3v) is 3.42. The summed E-state index contributed by atoms with van der Waals surface area (Å²) in [5.41, 5.74) is 4.41. The van der Waals surface area contributed by atoms with E-state index in [-0.39, 0.29) is 12.5 Å². The second kappa shape index (κ2) is 4.85. The van der Waals surface area contributed by atoms with Crippen molar-refractivity contribution in [3.05, 3.63) is 0 Å². The molecule has 4 N–H and O–H groups in total. The molecule has 0 saturated carbocycles. The lowest BCUT2D eigenvalue weighted by molar-refractivity contribution is -0.147. The monoisotopic (exact) mass is 258 g/mol. The summed E-state index contributed by atoms with van der Waals surface area (Å²) < 4.78 is 5.19. The molecular weight excluding hydrogens is 236 g/mol. The average molecular weight is 258 g/mol. The van der Waals surface area contributed by atoms with Crippen LogP contribution in [0.25, 0.3) is 0 Å². The number of carboxylic acids is 1. The van der Waals surface area contributed by atoms with E-state index in [2.05, 4.69) is 5.32 Å². The van der Waals surface area contributed by atoms with Crippen LogP contribution in [0.1, 0.15) is 27.7 Å². The number of rotatable bonds is 3. The Morgan fingerprint density at radius 3 is 2.39 bits per heavy atom. The quantitative estimate of drug-likeness (QED) is 0.659. The van der Waals surface area contributed by atoms with E-state index in [9.17, 15) is 14.7 Å². The zero-order valence-electron chi connectivity index (χ0n) is 11.3. The van der Waals surface area contributed by atoms with Gasteiger partial charge in [-0.05, 0) is 12.3 Å². The molecule has 1 rings (SSSR count). The van der Waals surface area contributed by atoms with Gasteiger partial charge >= 0.3 is 5.97 Å². The number of aliphatic carboxylic acids is 1. The van der Waals surface area contributed by atoms with Crippen molar-refractivity contribution in [3.8, 4) is 0 Å². The summed E-state index contributed by atoms with van der Waals surface area (Å²) in [5, 5.41) is 11.7. The van der Waals surface area contributed by atoms with Gasteiger partial charge in [0, 0.05) is 6.04 Å². The Bertz CT molecular complexity index is 350. The minimum atomic E-state index is -1.05. The lowest BCUT2D eigenvalue weighted by atomic mass is 9.82. The predicted octanol–water partition coefficient (Wildman–Crippen LogP) is -0.0343. The Hall–Kier alpha value is -1.14. The first-order valence-electron chi connectivity index (χ1n) is 5.96. The van der Waals surface area contributed by atoms with Gasteiger partial charge in [0.2, 0.25) is 5.91 Å². The predicted molar refractivity (Wildman–Crippen MR) is 65.9 cm³/mol. The fraction of sp³-hybridized carbons (Fsp3) is 0.833. The van der Waals surface area contributed by atoms with Gasteiger partial charge < -0.3 is 20.9 Å². The Morgan fingerprint density at radius 1 is 1.50 bits per heavy atom. The average Bonchev–Trinajstić information content (AvgIpc) is 2.54. The van der Waals surface area contributed by atoms with Crippen molar-refractivity contribution in [3.63, 3.8) is 0 Å². The molecule has 6 heteroatoms. The SMILES string of the molecule is CC(C)(C)C(NC(=O)C1(C)COCC1N)C(=O)O. The van der Waals surface area contributed by atoms with E-state index in [1.165, 1.54) is 0 Å². The molecule has 0 aromatic heterocycles. The normalized spacial score (nSPS) is 29.9. The van der Waals surface area contributed by atoms with Gasteiger partial charge in [0.1, 0.15) is 6.04 Å². The number of carbonyl (C=O) groups excluding carboxylic acids is 1. The topological polar surface area (TPSA) is 102 Å². The van der Waals surface area contributed by atoms with Crippen LogP contribution in [0.3, 0.4) is 0 Å². The maximum atomic E-state index is 12.2. The van der Waals surface area contributed by atoms with Crippen LogP contribution in [-0.4, -0.2) is 42.3 Å². The van der Waals surface area contributed by atoms with Crippen molar-refractivity contribution in [2.24, 2.45) is 16.6 Å². The van der Waals surface area contributed by atoms with Crippen LogP contribution >= 0.6 is 0 Å². The third-order valence-electron chi connectivity index (χ3n) is 3.42. The number of carbonyl (C=O) groups is 2. The molecule has 6 nitrogen and oxygen atoms in total. The van der Waals surface area contributed by atoms with Crippen LogP contribution in [-0.2, 0) is 14.3 Å². The Morgan fingerprint density at radius 2 is 2.06 bits per heavy atom. The molecule has 1 saturated heterocycles. The fourth-order valence-electron chi connectivity index (χ4n) is 1.87. The van der Waals surface area contributed by atoms with E-state index in [1.54, 1.807) is 27.7 Å². The van der Waals surface area contributed by atoms with Gasteiger partial charge in [-0.2, -0.15) is 0 Å². The second-order valence-electron chi connectivity index (χ2n) is 6.15. The molecule has 104 valence electrons. The molecule has 0 aliphatic carbocycles. The molecule has 0 radical (unpaired) electrons. The van der Waals surface area contributed by atoms with Crippen LogP contribution in [0.2, 0.25) is 0 Å². The highest BCUT2D eigenvalue weighted by atomic mass is 16.5. The number of amides is 1. The molecule has 3 unspecified atom stereocenters. The highest BCUT2D eigenvalue weighted by molar-refractivity contribution is 5.88. The maximum absolute atomic E-state index is 12.2. The van der Waals surface area contributed by atoms with Crippen molar-refractivity contribution in [1.29, 1.82) is 0 Å². The third kappa shape index (κ3) is 2.81. The van der Waals surface area contributed by atoms with Crippen LogP contribution in [0.15, 0.2) is 0 Å². The summed E-state index contributed by atoms with van der Waals surface area (Å²) in [4.78, 5) is 23.4. The Balaban J connectivity index is 2.83. The van der Waals surface area contributed by atoms with E-state index >= 15 is 0 Å².